The van der Waals surface area contributed by atoms with E-state index < -0.39 is 12.0 Å². The average molecular weight is 387 g/mol. The molecule has 0 saturated carbocycles. The number of nitrogens with one attached hydrogen (secondary N) is 1. The summed E-state index contributed by atoms with van der Waals surface area (Å²) in [6.07, 6.45) is 5.27. The van der Waals surface area contributed by atoms with Gasteiger partial charge in [0.15, 0.2) is 17.6 Å². The molecule has 0 saturated heterocycles. The van der Waals surface area contributed by atoms with Crippen molar-refractivity contribution < 1.29 is 19.4 Å². The summed E-state index contributed by atoms with van der Waals surface area (Å²) >= 11 is 6.22. The highest BCUT2D eigenvalue weighted by molar-refractivity contribution is 6.32. The van der Waals surface area contributed by atoms with Crippen LogP contribution < -0.4 is 14.9 Å². The lowest BCUT2D eigenvalue weighted by Gasteiger charge is -2.13. The summed E-state index contributed by atoms with van der Waals surface area (Å²) in [7, 11) is 0. The van der Waals surface area contributed by atoms with E-state index in [1.807, 2.05) is 6.92 Å². The third kappa shape index (κ3) is 5.74. The second kappa shape index (κ2) is 10.2. The summed E-state index contributed by atoms with van der Waals surface area (Å²) in [4.78, 5) is 12.0. The molecule has 0 bridgehead atoms. The van der Waals surface area contributed by atoms with Crippen LogP contribution in [0.2, 0.25) is 5.02 Å². The Labute approximate surface area is 162 Å². The van der Waals surface area contributed by atoms with Gasteiger partial charge in [-0.05, 0) is 30.2 Å². The van der Waals surface area contributed by atoms with E-state index in [-0.39, 0.29) is 6.61 Å². The van der Waals surface area contributed by atoms with E-state index in [4.69, 9.17) is 27.5 Å². The van der Waals surface area contributed by atoms with Crippen LogP contribution in [0.5, 0.6) is 11.5 Å². The van der Waals surface area contributed by atoms with Crippen LogP contribution in [0.25, 0.3) is 0 Å². The monoisotopic (exact) mass is 386 g/mol. The van der Waals surface area contributed by atoms with E-state index >= 15 is 0 Å². The van der Waals surface area contributed by atoms with Gasteiger partial charge >= 0.3 is 0 Å². The molecule has 0 radical (unpaired) electrons. The smallest absolute Gasteiger partial charge is 0.273 e. The van der Waals surface area contributed by atoms with Crippen molar-refractivity contribution in [1.82, 2.24) is 5.43 Å². The molecule has 0 spiro atoms. The zero-order valence-electron chi connectivity index (χ0n) is 14.7. The van der Waals surface area contributed by atoms with Crippen LogP contribution >= 0.6 is 11.6 Å². The topological polar surface area (TPSA) is 80.2 Å². The van der Waals surface area contributed by atoms with E-state index in [0.717, 1.165) is 0 Å². The minimum Gasteiger partial charge on any atom is -0.490 e. The van der Waals surface area contributed by atoms with Crippen molar-refractivity contribution in [1.29, 1.82) is 0 Å². The number of hydrogen-bond donors (Lipinski definition) is 2. The molecule has 7 heteroatoms. The number of carbonyl (C=O) groups excluding carboxylic acids is 1. The van der Waals surface area contributed by atoms with Gasteiger partial charge in [0, 0.05) is 0 Å². The number of amides is 1. The van der Waals surface area contributed by atoms with Gasteiger partial charge in [-0.1, -0.05) is 47.9 Å². The Balaban J connectivity index is 2.09. The Kier molecular flexibility index (Phi) is 7.68. The van der Waals surface area contributed by atoms with Gasteiger partial charge < -0.3 is 14.6 Å². The third-order valence-electron chi connectivity index (χ3n) is 3.38. The summed E-state index contributed by atoms with van der Waals surface area (Å²) < 4.78 is 10.9. The summed E-state index contributed by atoms with van der Waals surface area (Å²) in [5.74, 6) is 2.47. The molecule has 0 aliphatic rings. The molecule has 2 aromatic carbocycles. The number of hydrazone groups is 1. The highest BCUT2D eigenvalue weighted by atomic mass is 35.5. The fourth-order valence-corrected chi connectivity index (χ4v) is 2.47. The molecule has 6 nitrogen and oxygen atoms in total. The van der Waals surface area contributed by atoms with Gasteiger partial charge in [0.25, 0.3) is 5.91 Å². The maximum atomic E-state index is 12.0. The first kappa shape index (κ1) is 20.3. The lowest BCUT2D eigenvalue weighted by molar-refractivity contribution is -0.129. The lowest BCUT2D eigenvalue weighted by Crippen LogP contribution is -2.25. The number of terminal acetylenes is 1. The molecule has 140 valence electrons. The number of aliphatic hydroxyl groups excluding tert-OH is 1. The molecule has 2 aromatic rings. The van der Waals surface area contributed by atoms with Gasteiger partial charge in [0.1, 0.15) is 6.61 Å². The highest BCUT2D eigenvalue weighted by Gasteiger charge is 2.16. The molecule has 0 fully saturated rings. The van der Waals surface area contributed by atoms with Crippen LogP contribution in [0.1, 0.15) is 24.2 Å². The molecule has 0 aromatic heterocycles. The number of benzene rings is 2. The van der Waals surface area contributed by atoms with Crippen molar-refractivity contribution >= 4 is 23.7 Å². The predicted octanol–water partition coefficient (Wildman–Crippen LogP) is 2.93. The molecular weight excluding hydrogens is 368 g/mol. The molecule has 2 rings (SSSR count). The number of rotatable bonds is 8. The molecule has 27 heavy (non-hydrogen) atoms. The highest BCUT2D eigenvalue weighted by Crippen LogP contribution is 2.36. The number of hydrogen-bond acceptors (Lipinski definition) is 5. The molecule has 0 aliphatic heterocycles. The van der Waals surface area contributed by atoms with Gasteiger partial charge in [-0.15, -0.1) is 6.42 Å². The summed E-state index contributed by atoms with van der Waals surface area (Å²) in [5.41, 5.74) is 3.34. The van der Waals surface area contributed by atoms with Crippen molar-refractivity contribution in [3.8, 4) is 23.8 Å². The first-order valence-corrected chi connectivity index (χ1v) is 8.53. The SMILES string of the molecule is C#CCOc1c(Cl)cc(/C=N\NC(=O)[C@H](O)c2ccccc2)cc1OCC. The van der Waals surface area contributed by atoms with Crippen LogP contribution in [-0.4, -0.2) is 30.4 Å². The summed E-state index contributed by atoms with van der Waals surface area (Å²) in [6, 6.07) is 11.8. The van der Waals surface area contributed by atoms with Gasteiger partial charge in [0.2, 0.25) is 0 Å². The van der Waals surface area contributed by atoms with Crippen LogP contribution in [-0.2, 0) is 4.79 Å². The van der Waals surface area contributed by atoms with E-state index in [2.05, 4.69) is 16.4 Å². The number of nitrogens with zero attached hydrogens (tertiary/aromatic N) is 1. The second-order valence-corrected chi connectivity index (χ2v) is 5.71. The maximum absolute atomic E-state index is 12.0. The molecule has 0 unspecified atom stereocenters. The molecule has 0 heterocycles. The molecule has 1 atom stereocenters. The third-order valence-corrected chi connectivity index (χ3v) is 3.66. The lowest BCUT2D eigenvalue weighted by atomic mass is 10.1. The van der Waals surface area contributed by atoms with Crippen molar-refractivity contribution in [2.75, 3.05) is 13.2 Å². The Bertz CT molecular complexity index is 847. The van der Waals surface area contributed by atoms with E-state index in [1.165, 1.54) is 6.21 Å². The van der Waals surface area contributed by atoms with Crippen molar-refractivity contribution in [2.24, 2.45) is 5.10 Å². The first-order valence-electron chi connectivity index (χ1n) is 8.15. The van der Waals surface area contributed by atoms with Crippen LogP contribution in [0.15, 0.2) is 47.6 Å². The van der Waals surface area contributed by atoms with E-state index in [1.54, 1.807) is 42.5 Å². The molecule has 2 N–H and O–H groups in total. The minimum absolute atomic E-state index is 0.0562. The van der Waals surface area contributed by atoms with Gasteiger partial charge in [-0.3, -0.25) is 4.79 Å². The maximum Gasteiger partial charge on any atom is 0.273 e. The number of ether oxygens (including phenoxy) is 2. The van der Waals surface area contributed by atoms with Gasteiger partial charge in [-0.2, -0.15) is 5.10 Å². The van der Waals surface area contributed by atoms with Crippen LogP contribution in [0.4, 0.5) is 0 Å². The van der Waals surface area contributed by atoms with Crippen LogP contribution in [0, 0.1) is 12.3 Å². The number of halogens is 1. The van der Waals surface area contributed by atoms with Crippen molar-refractivity contribution in [3.05, 3.63) is 58.6 Å². The van der Waals surface area contributed by atoms with Gasteiger partial charge in [0.05, 0.1) is 17.8 Å². The fraction of sp³-hybridized carbons (Fsp3) is 0.200. The zero-order chi connectivity index (χ0) is 19.6. The Morgan fingerprint density at radius 2 is 2.11 bits per heavy atom. The van der Waals surface area contributed by atoms with Crippen molar-refractivity contribution in [2.45, 2.75) is 13.0 Å². The standard InChI is InChI=1S/C20H19ClN2O4/c1-3-10-27-19-16(21)11-14(12-17(19)26-4-2)13-22-23-20(25)18(24)15-8-6-5-7-9-15/h1,5-9,11-13,18,24H,4,10H2,2H3,(H,23,25)/b22-13-/t18-/m1/s1. The van der Waals surface area contributed by atoms with Crippen molar-refractivity contribution in [3.63, 3.8) is 0 Å². The first-order chi connectivity index (χ1) is 13.1. The largest absolute Gasteiger partial charge is 0.490 e. The summed E-state index contributed by atoms with van der Waals surface area (Å²) in [6.45, 7) is 2.29. The summed E-state index contributed by atoms with van der Waals surface area (Å²) in [5, 5.41) is 14.2. The average Bonchev–Trinajstić information content (AvgIpc) is 2.67. The van der Waals surface area contributed by atoms with E-state index in [0.29, 0.717) is 34.3 Å². The zero-order valence-corrected chi connectivity index (χ0v) is 15.4. The quantitative estimate of drug-likeness (QED) is 0.415. The Morgan fingerprint density at radius 1 is 1.37 bits per heavy atom. The second-order valence-electron chi connectivity index (χ2n) is 5.30. The number of carbonyl (C=O) groups is 1. The normalized spacial score (nSPS) is 11.6. The minimum atomic E-state index is -1.31. The fourth-order valence-electron chi connectivity index (χ4n) is 2.20. The van der Waals surface area contributed by atoms with Crippen LogP contribution in [0.3, 0.4) is 0 Å². The Hall–Kier alpha value is -3.01. The van der Waals surface area contributed by atoms with E-state index in [9.17, 15) is 9.90 Å². The molecule has 0 aliphatic carbocycles. The molecular formula is C20H19ClN2O4. The Morgan fingerprint density at radius 3 is 2.78 bits per heavy atom. The predicted molar refractivity (Wildman–Crippen MR) is 104 cm³/mol. The van der Waals surface area contributed by atoms with Gasteiger partial charge in [-0.25, -0.2) is 5.43 Å². The molecule has 1 amide bonds. The number of aliphatic hydroxyl groups is 1.